The van der Waals surface area contributed by atoms with Gasteiger partial charge in [-0.25, -0.2) is 4.68 Å². The molecule has 158 valence electrons. The van der Waals surface area contributed by atoms with Crippen LogP contribution in [0.3, 0.4) is 0 Å². The summed E-state index contributed by atoms with van der Waals surface area (Å²) in [5, 5.41) is 11.6. The van der Waals surface area contributed by atoms with Gasteiger partial charge in [-0.05, 0) is 38.1 Å². The van der Waals surface area contributed by atoms with Crippen molar-refractivity contribution in [2.24, 2.45) is 0 Å². The Labute approximate surface area is 182 Å². The van der Waals surface area contributed by atoms with E-state index in [9.17, 15) is 4.79 Å². The zero-order valence-corrected chi connectivity index (χ0v) is 18.2. The Kier molecular flexibility index (Phi) is 5.63. The summed E-state index contributed by atoms with van der Waals surface area (Å²) in [6.45, 7) is 3.80. The lowest BCUT2D eigenvalue weighted by atomic mass is 10.1. The molecular weight excluding hydrogens is 416 g/mol. The van der Waals surface area contributed by atoms with Crippen molar-refractivity contribution >= 4 is 22.6 Å². The molecule has 0 aliphatic heterocycles. The van der Waals surface area contributed by atoms with Gasteiger partial charge in [-0.2, -0.15) is 9.36 Å². The highest BCUT2D eigenvalue weighted by Gasteiger charge is 2.20. The number of aromatic nitrogens is 5. The fraction of sp³-hybridized carbons (Fsp3) is 0.190. The Morgan fingerprint density at radius 3 is 2.68 bits per heavy atom. The molecule has 4 rings (SSSR count). The van der Waals surface area contributed by atoms with E-state index in [1.54, 1.807) is 37.1 Å². The first-order valence-electron chi connectivity index (χ1n) is 9.37. The van der Waals surface area contributed by atoms with E-state index < -0.39 is 0 Å². The zero-order chi connectivity index (χ0) is 22.0. The minimum Gasteiger partial charge on any atom is -0.497 e. The Balaban J connectivity index is 1.61. The topological polar surface area (TPSA) is 104 Å². The standard InChI is InChI=1S/C21H20N6O3S/c1-12-6-5-7-14(10-12)20(28)23-21-22-19(25-31-21)18-13(2)27(26-24-18)16-11-15(29-3)8-9-17(16)30-4/h5-11H,1-4H3,(H,22,23,25,28). The van der Waals surface area contributed by atoms with E-state index in [1.165, 1.54) is 0 Å². The molecule has 0 atom stereocenters. The monoisotopic (exact) mass is 436 g/mol. The zero-order valence-electron chi connectivity index (χ0n) is 17.4. The SMILES string of the molecule is COc1ccc(OC)c(-n2nnc(-c3nsc(NC(=O)c4cccc(C)c4)n3)c2C)c1. The molecule has 0 saturated heterocycles. The average Bonchev–Trinajstić information content (AvgIpc) is 3.39. The number of rotatable bonds is 6. The third-order valence-electron chi connectivity index (χ3n) is 4.65. The van der Waals surface area contributed by atoms with Crippen molar-refractivity contribution in [2.45, 2.75) is 13.8 Å². The number of methoxy groups -OCH3 is 2. The molecule has 1 N–H and O–H groups in total. The molecule has 0 aliphatic rings. The molecule has 31 heavy (non-hydrogen) atoms. The summed E-state index contributed by atoms with van der Waals surface area (Å²) in [5.41, 5.74) is 3.48. The summed E-state index contributed by atoms with van der Waals surface area (Å²) in [6.07, 6.45) is 0. The van der Waals surface area contributed by atoms with E-state index in [-0.39, 0.29) is 5.91 Å². The predicted octanol–water partition coefficient (Wildman–Crippen LogP) is 3.67. The minimum absolute atomic E-state index is 0.243. The highest BCUT2D eigenvalue weighted by atomic mass is 32.1. The van der Waals surface area contributed by atoms with Crippen LogP contribution in [-0.4, -0.2) is 44.5 Å². The van der Waals surface area contributed by atoms with Crippen LogP contribution in [0.4, 0.5) is 5.13 Å². The lowest BCUT2D eigenvalue weighted by Crippen LogP contribution is -2.11. The first-order chi connectivity index (χ1) is 15.0. The summed E-state index contributed by atoms with van der Waals surface area (Å²) >= 11 is 1.08. The second-order valence-electron chi connectivity index (χ2n) is 6.72. The maximum Gasteiger partial charge on any atom is 0.257 e. The number of carbonyl (C=O) groups excluding carboxylic acids is 1. The van der Waals surface area contributed by atoms with Gasteiger partial charge in [0.05, 0.1) is 19.9 Å². The number of aryl methyl sites for hydroxylation is 1. The van der Waals surface area contributed by atoms with Gasteiger partial charge in [0, 0.05) is 23.2 Å². The molecule has 10 heteroatoms. The van der Waals surface area contributed by atoms with Crippen LogP contribution >= 0.6 is 11.5 Å². The molecular formula is C21H20N6O3S. The van der Waals surface area contributed by atoms with E-state index in [2.05, 4.69) is 25.0 Å². The van der Waals surface area contributed by atoms with Crippen LogP contribution in [-0.2, 0) is 0 Å². The van der Waals surface area contributed by atoms with E-state index in [0.29, 0.717) is 39.4 Å². The molecule has 1 amide bonds. The van der Waals surface area contributed by atoms with Crippen LogP contribution in [0.2, 0.25) is 0 Å². The first kappa shape index (κ1) is 20.5. The van der Waals surface area contributed by atoms with Crippen LogP contribution in [0.25, 0.3) is 17.2 Å². The van der Waals surface area contributed by atoms with Gasteiger partial charge in [-0.3, -0.25) is 10.1 Å². The molecule has 0 saturated carbocycles. The normalized spacial score (nSPS) is 10.7. The highest BCUT2D eigenvalue weighted by Crippen LogP contribution is 2.30. The molecule has 0 bridgehead atoms. The van der Waals surface area contributed by atoms with Gasteiger partial charge in [0.1, 0.15) is 17.2 Å². The summed E-state index contributed by atoms with van der Waals surface area (Å²) in [6, 6.07) is 12.8. The second kappa shape index (κ2) is 8.52. The molecule has 4 aromatic rings. The third-order valence-corrected chi connectivity index (χ3v) is 5.28. The Hall–Kier alpha value is -3.79. The Morgan fingerprint density at radius 1 is 1.10 bits per heavy atom. The number of carbonyl (C=O) groups is 1. The summed E-state index contributed by atoms with van der Waals surface area (Å²) in [4.78, 5) is 16.9. The molecule has 0 unspecified atom stereocenters. The predicted molar refractivity (Wildman–Crippen MR) is 117 cm³/mol. The molecule has 0 aliphatic carbocycles. The van der Waals surface area contributed by atoms with Gasteiger partial charge < -0.3 is 9.47 Å². The summed E-state index contributed by atoms with van der Waals surface area (Å²) in [7, 11) is 3.18. The van der Waals surface area contributed by atoms with Gasteiger partial charge in [-0.1, -0.05) is 22.9 Å². The molecule has 9 nitrogen and oxygen atoms in total. The fourth-order valence-corrected chi connectivity index (χ4v) is 3.62. The van der Waals surface area contributed by atoms with Gasteiger partial charge in [0.15, 0.2) is 11.5 Å². The highest BCUT2D eigenvalue weighted by molar-refractivity contribution is 7.10. The maximum absolute atomic E-state index is 12.5. The number of hydrogen-bond donors (Lipinski definition) is 1. The van der Waals surface area contributed by atoms with Crippen molar-refractivity contribution in [1.82, 2.24) is 24.4 Å². The smallest absolute Gasteiger partial charge is 0.257 e. The quantitative estimate of drug-likeness (QED) is 0.492. The van der Waals surface area contributed by atoms with Gasteiger partial charge in [0.25, 0.3) is 5.91 Å². The van der Waals surface area contributed by atoms with Crippen LogP contribution in [0.5, 0.6) is 11.5 Å². The van der Waals surface area contributed by atoms with E-state index in [0.717, 1.165) is 22.8 Å². The first-order valence-corrected chi connectivity index (χ1v) is 10.1. The van der Waals surface area contributed by atoms with Crippen molar-refractivity contribution < 1.29 is 14.3 Å². The van der Waals surface area contributed by atoms with Crippen molar-refractivity contribution in [2.75, 3.05) is 19.5 Å². The number of hydrogen-bond acceptors (Lipinski definition) is 8. The summed E-state index contributed by atoms with van der Waals surface area (Å²) in [5.74, 6) is 1.43. The number of benzene rings is 2. The van der Waals surface area contributed by atoms with Crippen molar-refractivity contribution in [3.05, 3.63) is 59.3 Å². The molecule has 0 fully saturated rings. The van der Waals surface area contributed by atoms with E-state index in [4.69, 9.17) is 9.47 Å². The maximum atomic E-state index is 12.5. The fourth-order valence-electron chi connectivity index (χ4n) is 3.05. The van der Waals surface area contributed by atoms with Crippen LogP contribution < -0.4 is 14.8 Å². The summed E-state index contributed by atoms with van der Waals surface area (Å²) < 4.78 is 16.7. The van der Waals surface area contributed by atoms with Gasteiger partial charge >= 0.3 is 0 Å². The van der Waals surface area contributed by atoms with Crippen molar-refractivity contribution in [3.8, 4) is 28.7 Å². The third kappa shape index (κ3) is 4.10. The minimum atomic E-state index is -0.243. The number of anilines is 1. The number of nitrogens with zero attached hydrogens (tertiary/aromatic N) is 5. The molecule has 0 radical (unpaired) electrons. The van der Waals surface area contributed by atoms with Gasteiger partial charge in [0.2, 0.25) is 5.13 Å². The Morgan fingerprint density at radius 2 is 1.94 bits per heavy atom. The average molecular weight is 436 g/mol. The second-order valence-corrected chi connectivity index (χ2v) is 7.47. The molecule has 2 aromatic heterocycles. The largest absolute Gasteiger partial charge is 0.497 e. The van der Waals surface area contributed by atoms with Crippen molar-refractivity contribution in [1.29, 1.82) is 0 Å². The molecule has 0 spiro atoms. The van der Waals surface area contributed by atoms with Crippen LogP contribution in [0, 0.1) is 13.8 Å². The lowest BCUT2D eigenvalue weighted by Gasteiger charge is -2.11. The van der Waals surface area contributed by atoms with E-state index in [1.807, 2.05) is 38.1 Å². The molecule has 2 aromatic carbocycles. The van der Waals surface area contributed by atoms with Crippen molar-refractivity contribution in [3.63, 3.8) is 0 Å². The van der Waals surface area contributed by atoms with Gasteiger partial charge in [-0.15, -0.1) is 5.10 Å². The van der Waals surface area contributed by atoms with Crippen LogP contribution in [0.15, 0.2) is 42.5 Å². The van der Waals surface area contributed by atoms with Crippen LogP contribution in [0.1, 0.15) is 21.6 Å². The molecule has 2 heterocycles. The number of amides is 1. The lowest BCUT2D eigenvalue weighted by molar-refractivity contribution is 0.102. The Bertz CT molecular complexity index is 1250. The van der Waals surface area contributed by atoms with E-state index >= 15 is 0 Å². The number of ether oxygens (including phenoxy) is 2. The number of nitrogens with one attached hydrogen (secondary N) is 1.